The summed E-state index contributed by atoms with van der Waals surface area (Å²) in [6.07, 6.45) is 1.73. The number of hydrogen-bond donors (Lipinski definition) is 1. The molecule has 0 amide bonds. The van der Waals surface area contributed by atoms with Crippen molar-refractivity contribution in [2.24, 2.45) is 0 Å². The molecule has 1 fully saturated rings. The molecule has 1 aromatic carbocycles. The second-order valence-electron chi connectivity index (χ2n) is 7.46. The molecular weight excluding hydrogens is 382 g/mol. The third kappa shape index (κ3) is 4.68. The molecule has 1 N–H and O–H groups in total. The Morgan fingerprint density at radius 2 is 1.79 bits per heavy atom. The number of hydrogen-bond acceptors (Lipinski definition) is 4. The first-order chi connectivity index (χ1) is 14.1. The van der Waals surface area contributed by atoms with Crippen molar-refractivity contribution >= 4 is 23.0 Å². The number of aryl methyl sites for hydroxylation is 1. The van der Waals surface area contributed by atoms with Crippen LogP contribution in [0.25, 0.3) is 0 Å². The van der Waals surface area contributed by atoms with Gasteiger partial charge in [0, 0.05) is 26.2 Å². The fourth-order valence-corrected chi connectivity index (χ4v) is 3.99. The topological polar surface area (TPSA) is 49.5 Å². The normalized spacial score (nSPS) is 14.9. The molecule has 0 spiro atoms. The predicted octanol–water partition coefficient (Wildman–Crippen LogP) is 3.66. The van der Waals surface area contributed by atoms with Gasteiger partial charge in [0.15, 0.2) is 5.11 Å². The van der Waals surface area contributed by atoms with E-state index in [1.165, 1.54) is 5.56 Å². The maximum atomic E-state index is 5.71. The highest BCUT2D eigenvalue weighted by Gasteiger charge is 2.21. The van der Waals surface area contributed by atoms with Crippen LogP contribution in [0.3, 0.4) is 0 Å². The molecule has 29 heavy (non-hydrogen) atoms. The zero-order valence-electron chi connectivity index (χ0n) is 17.0. The lowest BCUT2D eigenvalue weighted by molar-refractivity contribution is 0.166. The molecule has 0 aliphatic carbocycles. The number of aromatic nitrogens is 2. The second kappa shape index (κ2) is 8.80. The zero-order chi connectivity index (χ0) is 20.2. The van der Waals surface area contributed by atoms with Crippen molar-refractivity contribution in [2.75, 3.05) is 31.5 Å². The van der Waals surface area contributed by atoms with E-state index in [0.717, 1.165) is 67.2 Å². The Morgan fingerprint density at radius 1 is 1.03 bits per heavy atom. The number of piperazine rings is 1. The maximum absolute atomic E-state index is 5.71. The summed E-state index contributed by atoms with van der Waals surface area (Å²) in [5.74, 6) is 1.01. The van der Waals surface area contributed by atoms with E-state index in [4.69, 9.17) is 21.7 Å². The lowest BCUT2D eigenvalue weighted by Gasteiger charge is -2.35. The highest BCUT2D eigenvalue weighted by molar-refractivity contribution is 7.80. The molecule has 1 aliphatic heterocycles. The summed E-state index contributed by atoms with van der Waals surface area (Å²) in [6.45, 7) is 9.47. The largest absolute Gasteiger partial charge is 0.468 e. The third-order valence-electron chi connectivity index (χ3n) is 5.41. The Hall–Kier alpha value is -2.64. The molecule has 0 radical (unpaired) electrons. The second-order valence-corrected chi connectivity index (χ2v) is 7.85. The summed E-state index contributed by atoms with van der Waals surface area (Å²) in [5, 5.41) is 8.94. The summed E-state index contributed by atoms with van der Waals surface area (Å²) >= 11 is 5.71. The summed E-state index contributed by atoms with van der Waals surface area (Å²) in [4.78, 5) is 4.63. The van der Waals surface area contributed by atoms with Gasteiger partial charge in [0.2, 0.25) is 0 Å². The minimum atomic E-state index is 0.757. The Balaban J connectivity index is 1.35. The molecule has 2 aromatic heterocycles. The molecule has 0 unspecified atom stereocenters. The summed E-state index contributed by atoms with van der Waals surface area (Å²) < 4.78 is 7.50. The van der Waals surface area contributed by atoms with Gasteiger partial charge in [0.05, 0.1) is 36.4 Å². The first-order valence-corrected chi connectivity index (χ1v) is 10.4. The van der Waals surface area contributed by atoms with Gasteiger partial charge in [-0.2, -0.15) is 5.10 Å². The molecule has 0 atom stereocenters. The van der Waals surface area contributed by atoms with Crippen molar-refractivity contribution in [3.05, 3.63) is 71.4 Å². The van der Waals surface area contributed by atoms with E-state index in [-0.39, 0.29) is 0 Å². The molecule has 4 rings (SSSR count). The lowest BCUT2D eigenvalue weighted by atomic mass is 10.2. The first-order valence-electron chi connectivity index (χ1n) is 9.99. The molecule has 6 nitrogen and oxygen atoms in total. The van der Waals surface area contributed by atoms with Gasteiger partial charge in [-0.05, 0) is 43.8 Å². The van der Waals surface area contributed by atoms with Crippen LogP contribution in [-0.4, -0.2) is 50.9 Å². The van der Waals surface area contributed by atoms with Gasteiger partial charge in [-0.1, -0.05) is 30.3 Å². The van der Waals surface area contributed by atoms with Gasteiger partial charge in [-0.15, -0.1) is 0 Å². The van der Waals surface area contributed by atoms with Gasteiger partial charge in [-0.25, -0.2) is 0 Å². The third-order valence-corrected chi connectivity index (χ3v) is 5.77. The van der Waals surface area contributed by atoms with Crippen molar-refractivity contribution < 1.29 is 4.42 Å². The Labute approximate surface area is 177 Å². The minimum Gasteiger partial charge on any atom is -0.468 e. The minimum absolute atomic E-state index is 0.757. The predicted molar refractivity (Wildman–Crippen MR) is 119 cm³/mol. The molecule has 1 saturated heterocycles. The average Bonchev–Trinajstić information content (AvgIpc) is 3.33. The number of rotatable bonds is 5. The van der Waals surface area contributed by atoms with Crippen molar-refractivity contribution in [1.29, 1.82) is 0 Å². The van der Waals surface area contributed by atoms with Crippen LogP contribution in [-0.2, 0) is 13.1 Å². The van der Waals surface area contributed by atoms with Gasteiger partial charge in [-0.3, -0.25) is 9.58 Å². The van der Waals surface area contributed by atoms with E-state index in [0.29, 0.717) is 0 Å². The van der Waals surface area contributed by atoms with Crippen molar-refractivity contribution in [3.63, 3.8) is 0 Å². The number of anilines is 1. The van der Waals surface area contributed by atoms with Gasteiger partial charge < -0.3 is 14.6 Å². The fourth-order valence-electron chi connectivity index (χ4n) is 3.71. The maximum Gasteiger partial charge on any atom is 0.173 e. The molecule has 7 heteroatoms. The van der Waals surface area contributed by atoms with Gasteiger partial charge >= 0.3 is 0 Å². The average molecular weight is 410 g/mol. The quantitative estimate of drug-likeness (QED) is 0.649. The zero-order valence-corrected chi connectivity index (χ0v) is 17.8. The summed E-state index contributed by atoms with van der Waals surface area (Å²) in [6, 6.07) is 14.4. The van der Waals surface area contributed by atoms with Gasteiger partial charge in [0.1, 0.15) is 5.76 Å². The summed E-state index contributed by atoms with van der Waals surface area (Å²) in [7, 11) is 0. The SMILES string of the molecule is Cc1nn(Cc2ccccc2)c(C)c1NC(=S)N1CCN(Cc2ccco2)CC1. The van der Waals surface area contributed by atoms with Crippen LogP contribution in [0.15, 0.2) is 53.1 Å². The number of nitrogens with one attached hydrogen (secondary N) is 1. The van der Waals surface area contributed by atoms with Crippen LogP contribution in [0.4, 0.5) is 5.69 Å². The molecule has 1 aliphatic rings. The number of thiocarbonyl (C=S) groups is 1. The van der Waals surface area contributed by atoms with Crippen LogP contribution in [0.1, 0.15) is 22.7 Å². The van der Waals surface area contributed by atoms with Crippen LogP contribution in [0.5, 0.6) is 0 Å². The van der Waals surface area contributed by atoms with E-state index < -0.39 is 0 Å². The molecule has 0 saturated carbocycles. The van der Waals surface area contributed by atoms with E-state index >= 15 is 0 Å². The number of nitrogens with zero attached hydrogens (tertiary/aromatic N) is 4. The van der Waals surface area contributed by atoms with Crippen LogP contribution in [0, 0.1) is 13.8 Å². The lowest BCUT2D eigenvalue weighted by Crippen LogP contribution is -2.49. The fraction of sp³-hybridized carbons (Fsp3) is 0.364. The summed E-state index contributed by atoms with van der Waals surface area (Å²) in [5.41, 5.74) is 4.33. The molecular formula is C22H27N5OS. The van der Waals surface area contributed by atoms with E-state index in [1.54, 1.807) is 6.26 Å². The molecule has 3 heterocycles. The van der Waals surface area contributed by atoms with Crippen molar-refractivity contribution in [3.8, 4) is 0 Å². The first kappa shape index (κ1) is 19.7. The van der Waals surface area contributed by atoms with E-state index in [2.05, 4.69) is 46.3 Å². The Bertz CT molecular complexity index is 943. The van der Waals surface area contributed by atoms with Crippen LogP contribution < -0.4 is 5.32 Å². The Morgan fingerprint density at radius 3 is 2.48 bits per heavy atom. The van der Waals surface area contributed by atoms with Crippen molar-refractivity contribution in [2.45, 2.75) is 26.9 Å². The van der Waals surface area contributed by atoms with Crippen LogP contribution >= 0.6 is 12.2 Å². The van der Waals surface area contributed by atoms with Crippen LogP contribution in [0.2, 0.25) is 0 Å². The highest BCUT2D eigenvalue weighted by atomic mass is 32.1. The van der Waals surface area contributed by atoms with Crippen molar-refractivity contribution in [1.82, 2.24) is 19.6 Å². The smallest absolute Gasteiger partial charge is 0.173 e. The highest BCUT2D eigenvalue weighted by Crippen LogP contribution is 2.21. The van der Waals surface area contributed by atoms with E-state index in [9.17, 15) is 0 Å². The Kier molecular flexibility index (Phi) is 5.97. The molecule has 3 aromatic rings. The monoisotopic (exact) mass is 409 g/mol. The number of furan rings is 1. The number of benzene rings is 1. The molecule has 152 valence electrons. The molecule has 0 bridgehead atoms. The standard InChI is InChI=1S/C22H27N5OS/c1-17-21(18(2)27(24-17)15-19-7-4-3-5-8-19)23-22(29)26-12-10-25(11-13-26)16-20-9-6-14-28-20/h3-9,14H,10-13,15-16H2,1-2H3,(H,23,29). The van der Waals surface area contributed by atoms with Gasteiger partial charge in [0.25, 0.3) is 0 Å². The van der Waals surface area contributed by atoms with E-state index in [1.807, 2.05) is 29.8 Å².